The number of hydrogen-bond acceptors (Lipinski definition) is 7. The van der Waals surface area contributed by atoms with Crippen molar-refractivity contribution in [1.82, 2.24) is 10.1 Å². The van der Waals surface area contributed by atoms with Crippen molar-refractivity contribution in [3.63, 3.8) is 0 Å². The average molecular weight is 560 g/mol. The van der Waals surface area contributed by atoms with Gasteiger partial charge in [-0.3, -0.25) is 4.79 Å². The summed E-state index contributed by atoms with van der Waals surface area (Å²) in [5.41, 5.74) is 8.06. The van der Waals surface area contributed by atoms with Gasteiger partial charge in [-0.05, 0) is 55.5 Å². The number of carboxylic acids is 1. The van der Waals surface area contributed by atoms with Crippen LogP contribution in [0.25, 0.3) is 32.7 Å². The van der Waals surface area contributed by atoms with Crippen LogP contribution in [0, 0.1) is 6.92 Å². The number of thiazole rings is 1. The second-order valence-electron chi connectivity index (χ2n) is 9.78. The minimum absolute atomic E-state index is 0.195. The Bertz CT molecular complexity index is 1670. The van der Waals surface area contributed by atoms with Gasteiger partial charge >= 0.3 is 5.97 Å². The molecule has 7 nitrogen and oxygen atoms in total. The number of ether oxygens (including phenoxy) is 1. The summed E-state index contributed by atoms with van der Waals surface area (Å²) in [6, 6.07) is 19.5. The van der Waals surface area contributed by atoms with Gasteiger partial charge in [-0.1, -0.05) is 65.3 Å². The Morgan fingerprint density at radius 2 is 1.90 bits per heavy atom. The Morgan fingerprint density at radius 3 is 2.62 bits per heavy atom. The van der Waals surface area contributed by atoms with E-state index in [1.165, 1.54) is 11.3 Å². The molecule has 5 aromatic rings. The molecule has 39 heavy (non-hydrogen) atoms. The summed E-state index contributed by atoms with van der Waals surface area (Å²) < 4.78 is 12.8. The van der Waals surface area contributed by atoms with Crippen molar-refractivity contribution < 1.29 is 19.2 Å². The molecule has 0 spiro atoms. The second kappa shape index (κ2) is 10.1. The second-order valence-corrected chi connectivity index (χ2v) is 11.0. The zero-order valence-electron chi connectivity index (χ0n) is 21.4. The maximum Gasteiger partial charge on any atom is 0.314 e. The fourth-order valence-corrected chi connectivity index (χ4v) is 6.09. The maximum atomic E-state index is 11.7. The number of benzene rings is 3. The topological polar surface area (TPSA) is 97.5 Å². The number of carbonyl (C=O) groups is 1. The van der Waals surface area contributed by atoms with Crippen LogP contribution in [0.3, 0.4) is 0 Å². The number of nitrogens with zero attached hydrogens (tertiary/aromatic N) is 2. The predicted molar refractivity (Wildman–Crippen MR) is 153 cm³/mol. The highest BCUT2D eigenvalue weighted by Gasteiger charge is 2.51. The molecule has 6 rings (SSSR count). The molecule has 1 atom stereocenters. The van der Waals surface area contributed by atoms with Gasteiger partial charge in [0.05, 0.1) is 27.2 Å². The fourth-order valence-electron chi connectivity index (χ4n) is 4.98. The number of fused-ring (bicyclic) bond motifs is 1. The summed E-state index contributed by atoms with van der Waals surface area (Å²) >= 11 is 7.85. The highest BCUT2D eigenvalue weighted by atomic mass is 35.5. The molecule has 1 aliphatic carbocycles. The number of aryl methyl sites for hydroxylation is 1. The first-order valence-corrected chi connectivity index (χ1v) is 13.9. The van der Waals surface area contributed by atoms with Crippen LogP contribution in [0.1, 0.15) is 42.7 Å². The summed E-state index contributed by atoms with van der Waals surface area (Å²) in [5.74, 6) is -0.133. The molecule has 1 aliphatic rings. The van der Waals surface area contributed by atoms with Crippen LogP contribution in [0.5, 0.6) is 0 Å². The Kier molecular flexibility index (Phi) is 6.62. The van der Waals surface area contributed by atoms with Crippen LogP contribution in [0.15, 0.2) is 70.7 Å². The van der Waals surface area contributed by atoms with Crippen LogP contribution in [-0.2, 0) is 14.9 Å². The summed E-state index contributed by atoms with van der Waals surface area (Å²) in [6.07, 6.45) is 1.17. The van der Waals surface area contributed by atoms with E-state index in [0.717, 1.165) is 49.4 Å². The van der Waals surface area contributed by atoms with Gasteiger partial charge < -0.3 is 19.7 Å². The third-order valence-electron chi connectivity index (χ3n) is 7.42. The number of carboxylic acid groups (broad SMARTS) is 1. The number of aromatic nitrogens is 2. The minimum Gasteiger partial charge on any atom is -0.481 e. The number of hydrogen-bond donors (Lipinski definition) is 2. The molecular weight excluding hydrogens is 534 g/mol. The van der Waals surface area contributed by atoms with E-state index >= 15 is 0 Å². The number of nitrogens with one attached hydrogen (secondary N) is 1. The number of rotatable bonds is 9. The Hall–Kier alpha value is -3.72. The first-order valence-electron chi connectivity index (χ1n) is 12.7. The molecule has 9 heteroatoms. The monoisotopic (exact) mass is 559 g/mol. The summed E-state index contributed by atoms with van der Waals surface area (Å²) in [4.78, 5) is 16.4. The zero-order valence-corrected chi connectivity index (χ0v) is 23.0. The first kappa shape index (κ1) is 25.6. The molecule has 1 saturated carbocycles. The molecule has 0 radical (unpaired) electrons. The summed E-state index contributed by atoms with van der Waals surface area (Å²) in [6.45, 7) is 4.09. The number of anilines is 1. The van der Waals surface area contributed by atoms with E-state index in [-0.39, 0.29) is 12.8 Å². The van der Waals surface area contributed by atoms with Crippen molar-refractivity contribution in [3.8, 4) is 22.5 Å². The molecule has 0 saturated heterocycles. The van der Waals surface area contributed by atoms with Crippen LogP contribution in [0.4, 0.5) is 5.69 Å². The van der Waals surface area contributed by atoms with Crippen molar-refractivity contribution >= 4 is 44.8 Å². The van der Waals surface area contributed by atoms with Crippen molar-refractivity contribution in [3.05, 3.63) is 88.0 Å². The van der Waals surface area contributed by atoms with Crippen molar-refractivity contribution in [1.29, 1.82) is 0 Å². The highest BCUT2D eigenvalue weighted by molar-refractivity contribution is 7.17. The first-order chi connectivity index (χ1) is 18.9. The van der Waals surface area contributed by atoms with Gasteiger partial charge in [0.25, 0.3) is 0 Å². The standard InChI is InChI=1S/C30H26ClN3O4S/c1-17-25(32-15-37-18(2)21-5-3-4-6-24(21)31)27(38-34-17)23-12-11-22(26-28(23)39-16-33-26)19-7-9-20(10-8-19)30(13-14-30)29(35)36/h3-12,16,18,32H,13-15H2,1-2H3,(H,35,36). The van der Waals surface area contributed by atoms with E-state index in [2.05, 4.69) is 15.5 Å². The van der Waals surface area contributed by atoms with Gasteiger partial charge in [0.15, 0.2) is 5.76 Å². The lowest BCUT2D eigenvalue weighted by atomic mass is 9.93. The normalized spacial score (nSPS) is 14.8. The van der Waals surface area contributed by atoms with Gasteiger partial charge in [0.2, 0.25) is 0 Å². The van der Waals surface area contributed by atoms with Crippen LogP contribution in [-0.4, -0.2) is 27.9 Å². The van der Waals surface area contributed by atoms with Crippen LogP contribution < -0.4 is 5.32 Å². The average Bonchev–Trinajstić information content (AvgIpc) is 3.48. The van der Waals surface area contributed by atoms with Gasteiger partial charge in [-0.2, -0.15) is 0 Å². The Balaban J connectivity index is 1.26. The SMILES string of the molecule is Cc1noc(-c2ccc(-c3ccc(C4(C(=O)O)CC4)cc3)c3ncsc23)c1NCOC(C)c1ccccc1Cl. The van der Waals surface area contributed by atoms with Gasteiger partial charge in [-0.25, -0.2) is 4.98 Å². The van der Waals surface area contributed by atoms with Crippen LogP contribution >= 0.6 is 22.9 Å². The molecule has 3 aromatic carbocycles. The molecule has 2 N–H and O–H groups in total. The molecular formula is C30H26ClN3O4S. The van der Waals surface area contributed by atoms with Crippen LogP contribution in [0.2, 0.25) is 5.02 Å². The minimum atomic E-state index is -0.753. The van der Waals surface area contributed by atoms with E-state index in [4.69, 9.17) is 20.9 Å². The van der Waals surface area contributed by atoms with Crippen molar-refractivity contribution in [2.75, 3.05) is 12.0 Å². The van der Waals surface area contributed by atoms with E-state index in [0.29, 0.717) is 23.6 Å². The lowest BCUT2D eigenvalue weighted by Gasteiger charge is -2.16. The van der Waals surface area contributed by atoms with Gasteiger partial charge in [-0.15, -0.1) is 11.3 Å². The Labute approximate surface area is 234 Å². The van der Waals surface area contributed by atoms with E-state index in [9.17, 15) is 9.90 Å². The summed E-state index contributed by atoms with van der Waals surface area (Å²) in [7, 11) is 0. The van der Waals surface area contributed by atoms with Crippen molar-refractivity contribution in [2.24, 2.45) is 0 Å². The molecule has 2 heterocycles. The predicted octanol–water partition coefficient (Wildman–Crippen LogP) is 7.84. The Morgan fingerprint density at radius 1 is 1.15 bits per heavy atom. The lowest BCUT2D eigenvalue weighted by molar-refractivity contribution is -0.140. The molecule has 1 fully saturated rings. The number of halogens is 1. The molecule has 2 aromatic heterocycles. The largest absolute Gasteiger partial charge is 0.481 e. The molecule has 0 amide bonds. The number of aliphatic carboxylic acids is 1. The zero-order chi connectivity index (χ0) is 27.1. The fraction of sp³-hybridized carbons (Fsp3) is 0.233. The molecule has 198 valence electrons. The highest BCUT2D eigenvalue weighted by Crippen LogP contribution is 2.49. The molecule has 0 bridgehead atoms. The van der Waals surface area contributed by atoms with Gasteiger partial charge in [0.1, 0.15) is 18.1 Å². The smallest absolute Gasteiger partial charge is 0.314 e. The quantitative estimate of drug-likeness (QED) is 0.177. The molecule has 1 unspecified atom stereocenters. The third-order valence-corrected chi connectivity index (χ3v) is 8.63. The van der Waals surface area contributed by atoms with E-state index < -0.39 is 11.4 Å². The van der Waals surface area contributed by atoms with Crippen molar-refractivity contribution in [2.45, 2.75) is 38.2 Å². The van der Waals surface area contributed by atoms with Gasteiger partial charge in [0, 0.05) is 16.1 Å². The van der Waals surface area contributed by atoms with E-state index in [1.807, 2.05) is 80.0 Å². The van der Waals surface area contributed by atoms with E-state index in [1.54, 1.807) is 0 Å². The third kappa shape index (κ3) is 4.58. The molecule has 0 aliphatic heterocycles. The maximum absolute atomic E-state index is 11.7. The lowest BCUT2D eigenvalue weighted by Crippen LogP contribution is -2.19. The summed E-state index contributed by atoms with van der Waals surface area (Å²) in [5, 5.41) is 17.8.